The lowest BCUT2D eigenvalue weighted by molar-refractivity contribution is 0.229. The number of nitrogens with one attached hydrogen (secondary N) is 1. The van der Waals surface area contributed by atoms with Crippen molar-refractivity contribution in [2.45, 2.75) is 110 Å². The number of hydrogen-bond acceptors (Lipinski definition) is 1. The second-order valence-electron chi connectivity index (χ2n) is 7.52. The van der Waals surface area contributed by atoms with Crippen LogP contribution < -0.4 is 5.32 Å². The van der Waals surface area contributed by atoms with Gasteiger partial charge in [0, 0.05) is 19.6 Å². The summed E-state index contributed by atoms with van der Waals surface area (Å²) < 4.78 is 0. The van der Waals surface area contributed by atoms with E-state index < -0.39 is 0 Å². The first-order chi connectivity index (χ1) is 11.8. The van der Waals surface area contributed by atoms with Crippen LogP contribution in [0.25, 0.3) is 0 Å². The fourth-order valence-corrected chi connectivity index (χ4v) is 3.23. The average Bonchev–Trinajstić information content (AvgIpc) is 3.42. The number of amides is 2. The lowest BCUT2D eigenvalue weighted by Gasteiger charge is -2.05. The first kappa shape index (κ1) is 21.3. The summed E-state index contributed by atoms with van der Waals surface area (Å²) in [7, 11) is 0. The SMILES string of the molecule is CCCCCCCCCCCCCCCCCCNC(=O)N1CC1. The second-order valence-corrected chi connectivity index (χ2v) is 7.52. The molecule has 0 aliphatic carbocycles. The summed E-state index contributed by atoms with van der Waals surface area (Å²) >= 11 is 0. The van der Waals surface area contributed by atoms with Gasteiger partial charge in [0.1, 0.15) is 0 Å². The Morgan fingerprint density at radius 2 is 1.04 bits per heavy atom. The minimum absolute atomic E-state index is 0.135. The van der Waals surface area contributed by atoms with Gasteiger partial charge in [0.2, 0.25) is 0 Å². The lowest BCUT2D eigenvalue weighted by atomic mass is 10.0. The van der Waals surface area contributed by atoms with Gasteiger partial charge >= 0.3 is 6.03 Å². The normalized spacial score (nSPS) is 13.3. The molecule has 1 N–H and O–H groups in total. The van der Waals surface area contributed by atoms with Crippen LogP contribution >= 0.6 is 0 Å². The highest BCUT2D eigenvalue weighted by Gasteiger charge is 2.22. The molecule has 3 heteroatoms. The van der Waals surface area contributed by atoms with Crippen molar-refractivity contribution in [3.8, 4) is 0 Å². The predicted octanol–water partition coefficient (Wildman–Crippen LogP) is 6.27. The van der Waals surface area contributed by atoms with Crippen LogP contribution in [-0.2, 0) is 0 Å². The molecular formula is C21H42N2O. The maximum Gasteiger partial charge on any atom is 0.317 e. The van der Waals surface area contributed by atoms with Crippen LogP contribution in [0.5, 0.6) is 0 Å². The van der Waals surface area contributed by atoms with Gasteiger partial charge in [-0.15, -0.1) is 0 Å². The molecule has 0 aromatic carbocycles. The van der Waals surface area contributed by atoms with Gasteiger partial charge in [-0.25, -0.2) is 4.79 Å². The maximum atomic E-state index is 11.4. The molecule has 0 spiro atoms. The number of hydrogen-bond donors (Lipinski definition) is 1. The molecule has 0 aromatic heterocycles. The molecule has 1 rings (SSSR count). The number of unbranched alkanes of at least 4 members (excludes halogenated alkanes) is 15. The highest BCUT2D eigenvalue weighted by atomic mass is 16.2. The van der Waals surface area contributed by atoms with E-state index in [1.807, 2.05) is 4.90 Å². The zero-order valence-electron chi connectivity index (χ0n) is 16.3. The summed E-state index contributed by atoms with van der Waals surface area (Å²) in [6.45, 7) is 5.04. The highest BCUT2D eigenvalue weighted by molar-refractivity contribution is 5.76. The van der Waals surface area contributed by atoms with E-state index in [0.717, 1.165) is 26.1 Å². The summed E-state index contributed by atoms with van der Waals surface area (Å²) in [6.07, 6.45) is 22.3. The number of carbonyl (C=O) groups excluding carboxylic acids is 1. The van der Waals surface area contributed by atoms with E-state index in [1.165, 1.54) is 96.3 Å². The molecule has 142 valence electrons. The van der Waals surface area contributed by atoms with Crippen LogP contribution in [0.2, 0.25) is 0 Å². The Morgan fingerprint density at radius 3 is 1.42 bits per heavy atom. The zero-order chi connectivity index (χ0) is 17.3. The number of nitrogens with zero attached hydrogens (tertiary/aromatic N) is 1. The molecule has 1 fully saturated rings. The van der Waals surface area contributed by atoms with E-state index in [0.29, 0.717) is 0 Å². The molecule has 0 aromatic rings. The summed E-state index contributed by atoms with van der Waals surface area (Å²) in [5.41, 5.74) is 0. The van der Waals surface area contributed by atoms with Crippen molar-refractivity contribution in [2.24, 2.45) is 0 Å². The average molecular weight is 339 g/mol. The quantitative estimate of drug-likeness (QED) is 0.246. The molecule has 1 aliphatic rings. The van der Waals surface area contributed by atoms with E-state index in [1.54, 1.807) is 0 Å². The third-order valence-electron chi connectivity index (χ3n) is 5.04. The summed E-state index contributed by atoms with van der Waals surface area (Å²) in [6, 6.07) is 0.135. The van der Waals surface area contributed by atoms with Crippen molar-refractivity contribution in [2.75, 3.05) is 19.6 Å². The molecule has 24 heavy (non-hydrogen) atoms. The number of rotatable bonds is 17. The van der Waals surface area contributed by atoms with Crippen LogP contribution in [0, 0.1) is 0 Å². The Labute approximate surface area is 151 Å². The maximum absolute atomic E-state index is 11.4. The van der Waals surface area contributed by atoms with Crippen molar-refractivity contribution < 1.29 is 4.79 Å². The van der Waals surface area contributed by atoms with Gasteiger partial charge in [0.05, 0.1) is 0 Å². The van der Waals surface area contributed by atoms with Gasteiger partial charge in [-0.2, -0.15) is 0 Å². The monoisotopic (exact) mass is 338 g/mol. The van der Waals surface area contributed by atoms with Crippen LogP contribution in [0.4, 0.5) is 4.79 Å². The minimum Gasteiger partial charge on any atom is -0.338 e. The van der Waals surface area contributed by atoms with E-state index in [9.17, 15) is 4.79 Å². The smallest absolute Gasteiger partial charge is 0.317 e. The van der Waals surface area contributed by atoms with Gasteiger partial charge in [0.15, 0.2) is 0 Å². The van der Waals surface area contributed by atoms with Crippen molar-refractivity contribution in [1.29, 1.82) is 0 Å². The Kier molecular flexibility index (Phi) is 14.0. The fourth-order valence-electron chi connectivity index (χ4n) is 3.23. The number of urea groups is 1. The molecule has 0 bridgehead atoms. The summed E-state index contributed by atoms with van der Waals surface area (Å²) in [5.74, 6) is 0. The van der Waals surface area contributed by atoms with E-state index in [4.69, 9.17) is 0 Å². The van der Waals surface area contributed by atoms with Crippen LogP contribution in [0.1, 0.15) is 110 Å². The predicted molar refractivity (Wildman–Crippen MR) is 105 cm³/mol. The standard InChI is InChI=1S/C21H42N2O/c1-2-3-4-5-6-7-8-9-10-11-12-13-14-15-16-17-18-22-21(24)23-19-20-23/h2-20H2,1H3,(H,22,24). The second kappa shape index (κ2) is 15.8. The molecule has 1 aliphatic heterocycles. The Balaban J connectivity index is 1.64. The molecule has 2 amide bonds. The third kappa shape index (κ3) is 13.7. The van der Waals surface area contributed by atoms with Gasteiger partial charge in [-0.05, 0) is 6.42 Å². The molecule has 0 unspecified atom stereocenters. The van der Waals surface area contributed by atoms with Gasteiger partial charge < -0.3 is 10.2 Å². The van der Waals surface area contributed by atoms with Gasteiger partial charge in [-0.1, -0.05) is 103 Å². The molecule has 0 radical (unpaired) electrons. The van der Waals surface area contributed by atoms with Crippen LogP contribution in [0.15, 0.2) is 0 Å². The van der Waals surface area contributed by atoms with Gasteiger partial charge in [0.25, 0.3) is 0 Å². The largest absolute Gasteiger partial charge is 0.338 e. The zero-order valence-corrected chi connectivity index (χ0v) is 16.3. The van der Waals surface area contributed by atoms with E-state index in [-0.39, 0.29) is 6.03 Å². The first-order valence-electron chi connectivity index (χ1n) is 10.9. The topological polar surface area (TPSA) is 32.1 Å². The van der Waals surface area contributed by atoms with Crippen molar-refractivity contribution in [1.82, 2.24) is 10.2 Å². The Morgan fingerprint density at radius 1 is 0.667 bits per heavy atom. The molecule has 1 heterocycles. The van der Waals surface area contributed by atoms with Crippen molar-refractivity contribution in [3.05, 3.63) is 0 Å². The Hall–Kier alpha value is -0.730. The summed E-state index contributed by atoms with van der Waals surface area (Å²) in [4.78, 5) is 13.2. The fraction of sp³-hybridized carbons (Fsp3) is 0.952. The van der Waals surface area contributed by atoms with Crippen molar-refractivity contribution in [3.63, 3.8) is 0 Å². The summed E-state index contributed by atoms with van der Waals surface area (Å²) in [5, 5.41) is 2.98. The Bertz CT molecular complexity index is 290. The minimum atomic E-state index is 0.135. The van der Waals surface area contributed by atoms with Gasteiger partial charge in [-0.3, -0.25) is 0 Å². The van der Waals surface area contributed by atoms with E-state index in [2.05, 4.69) is 12.2 Å². The molecule has 0 saturated carbocycles. The van der Waals surface area contributed by atoms with Crippen molar-refractivity contribution >= 4 is 6.03 Å². The lowest BCUT2D eigenvalue weighted by Crippen LogP contribution is -2.29. The van der Waals surface area contributed by atoms with E-state index >= 15 is 0 Å². The molecule has 1 saturated heterocycles. The van der Waals surface area contributed by atoms with Crippen LogP contribution in [-0.4, -0.2) is 30.6 Å². The molecule has 0 atom stereocenters. The molecule has 3 nitrogen and oxygen atoms in total. The molecular weight excluding hydrogens is 296 g/mol. The third-order valence-corrected chi connectivity index (χ3v) is 5.04. The first-order valence-corrected chi connectivity index (χ1v) is 10.9. The van der Waals surface area contributed by atoms with Crippen LogP contribution in [0.3, 0.4) is 0 Å². The highest BCUT2D eigenvalue weighted by Crippen LogP contribution is 2.13. The number of carbonyl (C=O) groups is 1.